The van der Waals surface area contributed by atoms with Crippen molar-refractivity contribution < 1.29 is 9.90 Å². The number of nitrogens with zero attached hydrogens (tertiary/aromatic N) is 1. The Morgan fingerprint density at radius 3 is 3.00 bits per heavy atom. The van der Waals surface area contributed by atoms with Crippen molar-refractivity contribution in [1.29, 1.82) is 0 Å². The Labute approximate surface area is 123 Å². The minimum atomic E-state index is -0.198. The number of thioether (sulfide) groups is 1. The van der Waals surface area contributed by atoms with Gasteiger partial charge < -0.3 is 10.4 Å². The van der Waals surface area contributed by atoms with E-state index in [1.165, 1.54) is 30.5 Å². The second kappa shape index (κ2) is 7.93. The number of rotatable bonds is 3. The molecule has 1 aliphatic heterocycles. The predicted octanol–water partition coefficient (Wildman–Crippen LogP) is 1.30. The Kier molecular flexibility index (Phi) is 5.90. The molecule has 0 aromatic carbocycles. The first-order valence-corrected chi connectivity index (χ1v) is 7.86. The molecule has 1 fully saturated rings. The van der Waals surface area contributed by atoms with Crippen molar-refractivity contribution in [1.82, 2.24) is 10.3 Å². The van der Waals surface area contributed by atoms with Gasteiger partial charge in [0.15, 0.2) is 0 Å². The Hall–Kier alpha value is -1.51. The number of carbonyl (C=O) groups excluding carboxylic acids is 1. The zero-order valence-corrected chi connectivity index (χ0v) is 12.1. The van der Waals surface area contributed by atoms with Crippen LogP contribution < -0.4 is 5.32 Å². The molecule has 1 amide bonds. The number of hydrogen-bond acceptors (Lipinski definition) is 4. The van der Waals surface area contributed by atoms with Crippen LogP contribution >= 0.6 is 11.8 Å². The molecular weight excluding hydrogens is 272 g/mol. The fourth-order valence-corrected chi connectivity index (χ4v) is 3.27. The lowest BCUT2D eigenvalue weighted by atomic mass is 10.0. The largest absolute Gasteiger partial charge is 0.384 e. The first-order valence-electron chi connectivity index (χ1n) is 6.70. The molecular formula is C15H18N2O2S. The molecule has 2 N–H and O–H groups in total. The molecule has 2 heterocycles. The highest BCUT2D eigenvalue weighted by Gasteiger charge is 2.15. The standard InChI is InChI=1S/C15H18N2O2S/c18-5-1-2-13-8-14(11-16-9-13)15(19)17-10-12-3-6-20-7-4-12/h8-9,11-12,18H,3-7,10H2,(H,17,19). The maximum Gasteiger partial charge on any atom is 0.252 e. The van der Waals surface area contributed by atoms with E-state index in [-0.39, 0.29) is 12.5 Å². The van der Waals surface area contributed by atoms with E-state index in [9.17, 15) is 4.79 Å². The maximum absolute atomic E-state index is 12.1. The van der Waals surface area contributed by atoms with E-state index in [2.05, 4.69) is 22.1 Å². The fourth-order valence-electron chi connectivity index (χ4n) is 2.06. The van der Waals surface area contributed by atoms with Crippen molar-refractivity contribution in [2.45, 2.75) is 12.8 Å². The van der Waals surface area contributed by atoms with Crippen LogP contribution in [0.4, 0.5) is 0 Å². The van der Waals surface area contributed by atoms with E-state index in [0.717, 1.165) is 6.54 Å². The molecule has 1 aromatic rings. The van der Waals surface area contributed by atoms with E-state index >= 15 is 0 Å². The highest BCUT2D eigenvalue weighted by molar-refractivity contribution is 7.99. The summed E-state index contributed by atoms with van der Waals surface area (Å²) in [7, 11) is 0. The number of amides is 1. The van der Waals surface area contributed by atoms with Gasteiger partial charge in [0.1, 0.15) is 6.61 Å². The lowest BCUT2D eigenvalue weighted by Gasteiger charge is -2.21. The van der Waals surface area contributed by atoms with Crippen molar-refractivity contribution in [3.8, 4) is 11.8 Å². The van der Waals surface area contributed by atoms with Gasteiger partial charge in [-0.05, 0) is 36.3 Å². The van der Waals surface area contributed by atoms with Gasteiger partial charge in [-0.15, -0.1) is 0 Å². The van der Waals surface area contributed by atoms with Gasteiger partial charge in [-0.3, -0.25) is 9.78 Å². The first-order chi connectivity index (χ1) is 9.79. The van der Waals surface area contributed by atoms with Gasteiger partial charge in [-0.1, -0.05) is 11.8 Å². The summed E-state index contributed by atoms with van der Waals surface area (Å²) >= 11 is 1.98. The lowest BCUT2D eigenvalue weighted by molar-refractivity contribution is 0.0946. The summed E-state index contributed by atoms with van der Waals surface area (Å²) in [5, 5.41) is 11.6. The third kappa shape index (κ3) is 4.55. The molecule has 0 unspecified atom stereocenters. The molecule has 0 saturated carbocycles. The van der Waals surface area contributed by atoms with Gasteiger partial charge in [-0.2, -0.15) is 11.8 Å². The molecule has 5 heteroatoms. The second-order valence-corrected chi connectivity index (χ2v) is 5.91. The average molecular weight is 290 g/mol. The lowest BCUT2D eigenvalue weighted by Crippen LogP contribution is -2.31. The zero-order valence-electron chi connectivity index (χ0n) is 11.3. The van der Waals surface area contributed by atoms with Crippen molar-refractivity contribution in [3.63, 3.8) is 0 Å². The highest BCUT2D eigenvalue weighted by atomic mass is 32.2. The SMILES string of the molecule is O=C(NCC1CCSCC1)c1cncc(C#CCO)c1. The molecule has 2 rings (SSSR count). The van der Waals surface area contributed by atoms with Gasteiger partial charge in [-0.25, -0.2) is 0 Å². The van der Waals surface area contributed by atoms with Crippen molar-refractivity contribution >= 4 is 17.7 Å². The van der Waals surface area contributed by atoms with E-state index < -0.39 is 0 Å². The first kappa shape index (κ1) is 14.9. The maximum atomic E-state index is 12.1. The summed E-state index contributed by atoms with van der Waals surface area (Å²) in [6.07, 6.45) is 5.46. The summed E-state index contributed by atoms with van der Waals surface area (Å²) in [4.78, 5) is 16.1. The number of aliphatic hydroxyl groups excluding tert-OH is 1. The molecule has 1 aliphatic rings. The van der Waals surface area contributed by atoms with Crippen LogP contribution in [-0.4, -0.2) is 40.7 Å². The van der Waals surface area contributed by atoms with E-state index in [4.69, 9.17) is 5.11 Å². The molecule has 0 radical (unpaired) electrons. The number of carbonyl (C=O) groups is 1. The van der Waals surface area contributed by atoms with Crippen molar-refractivity contribution in [3.05, 3.63) is 29.6 Å². The molecule has 0 spiro atoms. The summed E-state index contributed by atoms with van der Waals surface area (Å²) in [5.74, 6) is 8.15. The molecule has 1 aromatic heterocycles. The van der Waals surface area contributed by atoms with Crippen molar-refractivity contribution in [2.75, 3.05) is 24.7 Å². The van der Waals surface area contributed by atoms with Crippen molar-refractivity contribution in [2.24, 2.45) is 5.92 Å². The highest BCUT2D eigenvalue weighted by Crippen LogP contribution is 2.21. The number of aliphatic hydroxyl groups is 1. The predicted molar refractivity (Wildman–Crippen MR) is 80.6 cm³/mol. The molecule has 4 nitrogen and oxygen atoms in total. The number of hydrogen-bond donors (Lipinski definition) is 2. The number of pyridine rings is 1. The second-order valence-electron chi connectivity index (χ2n) is 4.69. The number of nitrogens with one attached hydrogen (secondary N) is 1. The van der Waals surface area contributed by atoms with Gasteiger partial charge in [0, 0.05) is 24.5 Å². The Bertz CT molecular complexity index is 516. The van der Waals surface area contributed by atoms with Crippen LogP contribution in [0.25, 0.3) is 0 Å². The van der Waals surface area contributed by atoms with Gasteiger partial charge in [0.05, 0.1) is 5.56 Å². The van der Waals surface area contributed by atoms with E-state index in [0.29, 0.717) is 17.0 Å². The molecule has 20 heavy (non-hydrogen) atoms. The molecule has 0 bridgehead atoms. The Morgan fingerprint density at radius 2 is 2.25 bits per heavy atom. The molecule has 106 valence electrons. The van der Waals surface area contributed by atoms with Gasteiger partial charge in [0.2, 0.25) is 0 Å². The third-order valence-electron chi connectivity index (χ3n) is 3.20. The minimum absolute atomic E-state index is 0.108. The molecule has 0 aliphatic carbocycles. The normalized spacial score (nSPS) is 15.2. The fraction of sp³-hybridized carbons (Fsp3) is 0.467. The minimum Gasteiger partial charge on any atom is -0.384 e. The Morgan fingerprint density at radius 1 is 1.45 bits per heavy atom. The molecule has 1 saturated heterocycles. The summed E-state index contributed by atoms with van der Waals surface area (Å²) in [6, 6.07) is 1.70. The van der Waals surface area contributed by atoms with Crippen LogP contribution in [0.1, 0.15) is 28.8 Å². The van der Waals surface area contributed by atoms with E-state index in [1.54, 1.807) is 12.3 Å². The third-order valence-corrected chi connectivity index (χ3v) is 4.25. The van der Waals surface area contributed by atoms with E-state index in [1.807, 2.05) is 11.8 Å². The van der Waals surface area contributed by atoms with Crippen LogP contribution in [0.3, 0.4) is 0 Å². The monoisotopic (exact) mass is 290 g/mol. The van der Waals surface area contributed by atoms with Crippen LogP contribution in [0.5, 0.6) is 0 Å². The van der Waals surface area contributed by atoms with Crippen LogP contribution in [-0.2, 0) is 0 Å². The average Bonchev–Trinajstić information content (AvgIpc) is 2.52. The zero-order chi connectivity index (χ0) is 14.2. The smallest absolute Gasteiger partial charge is 0.252 e. The molecule has 0 atom stereocenters. The van der Waals surface area contributed by atoms with Crippen LogP contribution in [0, 0.1) is 17.8 Å². The summed E-state index contributed by atoms with van der Waals surface area (Å²) < 4.78 is 0. The number of aromatic nitrogens is 1. The Balaban J connectivity index is 1.91. The van der Waals surface area contributed by atoms with Crippen LogP contribution in [0.2, 0.25) is 0 Å². The summed E-state index contributed by atoms with van der Waals surface area (Å²) in [5.41, 5.74) is 1.15. The topological polar surface area (TPSA) is 62.2 Å². The summed E-state index contributed by atoms with van der Waals surface area (Å²) in [6.45, 7) is 0.530. The quantitative estimate of drug-likeness (QED) is 0.824. The van der Waals surface area contributed by atoms with Gasteiger partial charge >= 0.3 is 0 Å². The van der Waals surface area contributed by atoms with Crippen LogP contribution in [0.15, 0.2) is 18.5 Å². The van der Waals surface area contributed by atoms with Gasteiger partial charge in [0.25, 0.3) is 5.91 Å².